The Morgan fingerprint density at radius 2 is 1.93 bits per heavy atom. The number of hydrogen-bond donors (Lipinski definition) is 1. The summed E-state index contributed by atoms with van der Waals surface area (Å²) in [6, 6.07) is 13.0. The Morgan fingerprint density at radius 3 is 2.59 bits per heavy atom. The average molecular weight is 455 g/mol. The van der Waals surface area contributed by atoms with Crippen molar-refractivity contribution >= 4 is 33.4 Å². The zero-order chi connectivity index (χ0) is 20.9. The predicted molar refractivity (Wildman–Crippen MR) is 119 cm³/mol. The summed E-state index contributed by atoms with van der Waals surface area (Å²) >= 11 is 7.84. The standard InChI is InChI=1S/C21H27ClN2O3S2/c1-27-20-8-7-18(13-19(20)22)29(25,26)23-14-16-9-11-24(12-10-16)15-17-5-3-4-6-21(17)28-2/h3-8,13,16,23H,9-12,14-15H2,1-2H3. The van der Waals surface area contributed by atoms with E-state index >= 15 is 0 Å². The number of piperidine rings is 1. The lowest BCUT2D eigenvalue weighted by Crippen LogP contribution is -2.38. The number of sulfonamides is 1. The normalized spacial score (nSPS) is 16.1. The van der Waals surface area contributed by atoms with Crippen molar-refractivity contribution in [3.05, 3.63) is 53.1 Å². The molecule has 0 amide bonds. The molecule has 0 aromatic heterocycles. The molecular formula is C21H27ClN2O3S2. The van der Waals surface area contributed by atoms with Crippen LogP contribution >= 0.6 is 23.4 Å². The molecule has 1 N–H and O–H groups in total. The van der Waals surface area contributed by atoms with Crippen LogP contribution in [-0.2, 0) is 16.6 Å². The minimum atomic E-state index is -3.58. The van der Waals surface area contributed by atoms with Crippen molar-refractivity contribution in [1.82, 2.24) is 9.62 Å². The van der Waals surface area contributed by atoms with E-state index in [4.69, 9.17) is 16.3 Å². The number of thioether (sulfide) groups is 1. The number of likely N-dealkylation sites (tertiary alicyclic amines) is 1. The van der Waals surface area contributed by atoms with Gasteiger partial charge in [-0.2, -0.15) is 0 Å². The molecule has 1 saturated heterocycles. The first-order valence-electron chi connectivity index (χ1n) is 9.60. The lowest BCUT2D eigenvalue weighted by Gasteiger charge is -2.32. The number of benzene rings is 2. The van der Waals surface area contributed by atoms with E-state index in [1.807, 2.05) is 0 Å². The molecule has 0 radical (unpaired) electrons. The van der Waals surface area contributed by atoms with Crippen LogP contribution in [0.1, 0.15) is 18.4 Å². The van der Waals surface area contributed by atoms with Crippen molar-refractivity contribution in [2.75, 3.05) is 33.0 Å². The molecule has 0 bridgehead atoms. The van der Waals surface area contributed by atoms with Crippen LogP contribution in [-0.4, -0.2) is 46.3 Å². The number of hydrogen-bond acceptors (Lipinski definition) is 5. The highest BCUT2D eigenvalue weighted by atomic mass is 35.5. The van der Waals surface area contributed by atoms with E-state index < -0.39 is 10.0 Å². The molecule has 5 nitrogen and oxygen atoms in total. The van der Waals surface area contributed by atoms with Crippen LogP contribution in [0.2, 0.25) is 5.02 Å². The summed E-state index contributed by atoms with van der Waals surface area (Å²) in [5, 5.41) is 0.286. The molecule has 0 saturated carbocycles. The Morgan fingerprint density at radius 1 is 1.21 bits per heavy atom. The van der Waals surface area contributed by atoms with Gasteiger partial charge in [-0.25, -0.2) is 13.1 Å². The van der Waals surface area contributed by atoms with E-state index in [0.717, 1.165) is 32.5 Å². The van der Waals surface area contributed by atoms with E-state index in [9.17, 15) is 8.42 Å². The second-order valence-corrected chi connectivity index (χ2v) is 10.2. The van der Waals surface area contributed by atoms with Gasteiger partial charge in [0.2, 0.25) is 10.0 Å². The van der Waals surface area contributed by atoms with E-state index in [0.29, 0.717) is 18.2 Å². The highest BCUT2D eigenvalue weighted by molar-refractivity contribution is 7.98. The molecule has 3 rings (SSSR count). The molecule has 1 aliphatic rings. The third kappa shape index (κ3) is 5.89. The fourth-order valence-corrected chi connectivity index (χ4v) is 5.62. The molecule has 0 aliphatic carbocycles. The van der Waals surface area contributed by atoms with Gasteiger partial charge in [-0.15, -0.1) is 11.8 Å². The second kappa shape index (κ2) is 10.2. The van der Waals surface area contributed by atoms with Crippen molar-refractivity contribution < 1.29 is 13.2 Å². The van der Waals surface area contributed by atoms with Crippen LogP contribution in [0.5, 0.6) is 5.75 Å². The number of nitrogens with one attached hydrogen (secondary N) is 1. The first-order chi connectivity index (χ1) is 13.9. The van der Waals surface area contributed by atoms with E-state index in [-0.39, 0.29) is 9.92 Å². The first-order valence-corrected chi connectivity index (χ1v) is 12.7. The maximum atomic E-state index is 12.6. The Balaban J connectivity index is 1.51. The van der Waals surface area contributed by atoms with Crippen molar-refractivity contribution in [1.29, 1.82) is 0 Å². The lowest BCUT2D eigenvalue weighted by molar-refractivity contribution is 0.177. The highest BCUT2D eigenvalue weighted by Gasteiger charge is 2.23. The maximum Gasteiger partial charge on any atom is 0.240 e. The smallest absolute Gasteiger partial charge is 0.240 e. The lowest BCUT2D eigenvalue weighted by atomic mass is 9.97. The Hall–Kier alpha value is -1.25. The summed E-state index contributed by atoms with van der Waals surface area (Å²) in [6.45, 7) is 3.34. The van der Waals surface area contributed by atoms with Crippen LogP contribution in [0, 0.1) is 5.92 Å². The van der Waals surface area contributed by atoms with Crippen LogP contribution in [0.15, 0.2) is 52.3 Å². The molecule has 1 heterocycles. The molecule has 0 atom stereocenters. The summed E-state index contributed by atoms with van der Waals surface area (Å²) in [7, 11) is -2.08. The fraction of sp³-hybridized carbons (Fsp3) is 0.429. The van der Waals surface area contributed by atoms with E-state index in [1.165, 1.54) is 29.7 Å². The second-order valence-electron chi connectivity index (χ2n) is 7.18. The molecule has 0 unspecified atom stereocenters. The summed E-state index contributed by atoms with van der Waals surface area (Å²) in [4.78, 5) is 3.93. The van der Waals surface area contributed by atoms with Gasteiger partial charge in [0.05, 0.1) is 17.0 Å². The Bertz CT molecular complexity index is 929. The molecule has 158 valence electrons. The van der Waals surface area contributed by atoms with Gasteiger partial charge in [-0.05, 0) is 67.9 Å². The number of rotatable bonds is 8. The maximum absolute atomic E-state index is 12.6. The van der Waals surface area contributed by atoms with Gasteiger partial charge in [0.1, 0.15) is 5.75 Å². The molecule has 8 heteroatoms. The monoisotopic (exact) mass is 454 g/mol. The van der Waals surface area contributed by atoms with Crippen molar-refractivity contribution in [3.63, 3.8) is 0 Å². The number of halogens is 1. The highest BCUT2D eigenvalue weighted by Crippen LogP contribution is 2.27. The zero-order valence-corrected chi connectivity index (χ0v) is 19.1. The third-order valence-corrected chi connectivity index (χ3v) is 7.84. The minimum Gasteiger partial charge on any atom is -0.495 e. The van der Waals surface area contributed by atoms with Gasteiger partial charge in [0.25, 0.3) is 0 Å². The topological polar surface area (TPSA) is 58.6 Å². The molecule has 1 aliphatic heterocycles. The van der Waals surface area contributed by atoms with Crippen LogP contribution < -0.4 is 9.46 Å². The predicted octanol–water partition coefficient (Wildman–Crippen LogP) is 4.26. The molecule has 2 aromatic carbocycles. The first kappa shape index (κ1) is 22.4. The summed E-state index contributed by atoms with van der Waals surface area (Å²) in [6.07, 6.45) is 4.06. The van der Waals surface area contributed by atoms with Gasteiger partial charge < -0.3 is 4.74 Å². The molecule has 0 spiro atoms. The number of nitrogens with zero attached hydrogens (tertiary/aromatic N) is 1. The summed E-state index contributed by atoms with van der Waals surface area (Å²) in [5.41, 5.74) is 1.36. The van der Waals surface area contributed by atoms with Gasteiger partial charge in [0, 0.05) is 18.0 Å². The molecule has 29 heavy (non-hydrogen) atoms. The van der Waals surface area contributed by atoms with Crippen LogP contribution in [0.4, 0.5) is 0 Å². The molecule has 2 aromatic rings. The average Bonchev–Trinajstić information content (AvgIpc) is 2.73. The van der Waals surface area contributed by atoms with Crippen molar-refractivity contribution in [3.8, 4) is 5.75 Å². The summed E-state index contributed by atoms with van der Waals surface area (Å²) < 4.78 is 33.0. The molecular weight excluding hydrogens is 428 g/mol. The Kier molecular flexibility index (Phi) is 7.87. The SMILES string of the molecule is COc1ccc(S(=O)(=O)NCC2CCN(Cc3ccccc3SC)CC2)cc1Cl. The van der Waals surface area contributed by atoms with Gasteiger partial charge >= 0.3 is 0 Å². The van der Waals surface area contributed by atoms with Crippen molar-refractivity contribution in [2.24, 2.45) is 5.92 Å². The fourth-order valence-electron chi connectivity index (χ4n) is 3.55. The number of methoxy groups -OCH3 is 1. The van der Waals surface area contributed by atoms with Crippen LogP contribution in [0.25, 0.3) is 0 Å². The van der Waals surface area contributed by atoms with Gasteiger partial charge in [-0.1, -0.05) is 29.8 Å². The quantitative estimate of drug-likeness (QED) is 0.604. The third-order valence-electron chi connectivity index (χ3n) is 5.29. The van der Waals surface area contributed by atoms with E-state index in [2.05, 4.69) is 40.1 Å². The zero-order valence-electron chi connectivity index (χ0n) is 16.7. The summed E-state index contributed by atoms with van der Waals surface area (Å²) in [5.74, 6) is 0.798. The number of ether oxygens (including phenoxy) is 1. The van der Waals surface area contributed by atoms with Crippen LogP contribution in [0.3, 0.4) is 0 Å². The van der Waals surface area contributed by atoms with E-state index in [1.54, 1.807) is 17.8 Å². The largest absolute Gasteiger partial charge is 0.495 e. The Labute approximate surface area is 182 Å². The van der Waals surface area contributed by atoms with Gasteiger partial charge in [-0.3, -0.25) is 4.90 Å². The molecule has 1 fully saturated rings. The minimum absolute atomic E-state index is 0.161. The van der Waals surface area contributed by atoms with Gasteiger partial charge in [0.15, 0.2) is 0 Å². The van der Waals surface area contributed by atoms with Crippen molar-refractivity contribution in [2.45, 2.75) is 29.2 Å².